The Morgan fingerprint density at radius 1 is 1.18 bits per heavy atom. The quantitative estimate of drug-likeness (QED) is 0.754. The second kappa shape index (κ2) is 8.28. The Balaban J connectivity index is 2.10. The van der Waals surface area contributed by atoms with Crippen molar-refractivity contribution in [3.8, 4) is 17.6 Å². The van der Waals surface area contributed by atoms with E-state index >= 15 is 0 Å². The van der Waals surface area contributed by atoms with Crippen molar-refractivity contribution in [1.82, 2.24) is 5.32 Å². The molecule has 2 aromatic carbocycles. The molecule has 6 nitrogen and oxygen atoms in total. The number of rotatable bonds is 5. The molecule has 144 valence electrons. The van der Waals surface area contributed by atoms with Crippen molar-refractivity contribution >= 4 is 24.2 Å². The second-order valence-electron chi connectivity index (χ2n) is 6.47. The van der Waals surface area contributed by atoms with Crippen molar-refractivity contribution in [2.24, 2.45) is 0 Å². The third-order valence-electron chi connectivity index (χ3n) is 4.22. The Hall–Kier alpha value is -3.11. The summed E-state index contributed by atoms with van der Waals surface area (Å²) in [4.78, 5) is 14.2. The van der Waals surface area contributed by atoms with Crippen LogP contribution in [-0.4, -0.2) is 19.1 Å². The molecule has 1 N–H and O–H groups in total. The minimum Gasteiger partial charge on any atom is -0.493 e. The van der Waals surface area contributed by atoms with Crippen LogP contribution in [0.5, 0.6) is 11.5 Å². The fraction of sp³-hybridized carbons (Fsp3) is 0.238. The molecule has 1 atom stereocenters. The zero-order valence-electron chi connectivity index (χ0n) is 15.8. The third-order valence-corrected chi connectivity index (χ3v) is 4.66. The molecule has 2 aromatic rings. The number of hydrogen-bond acceptors (Lipinski definition) is 6. The lowest BCUT2D eigenvalue weighted by atomic mass is 10.1. The van der Waals surface area contributed by atoms with Crippen molar-refractivity contribution in [2.75, 3.05) is 12.0 Å². The van der Waals surface area contributed by atoms with E-state index in [1.165, 1.54) is 0 Å². The Bertz CT molecular complexity index is 951. The molecule has 0 fully saturated rings. The number of para-hydroxylation sites is 1. The molecule has 0 saturated heterocycles. The van der Waals surface area contributed by atoms with Crippen molar-refractivity contribution in [3.63, 3.8) is 0 Å². The van der Waals surface area contributed by atoms with Crippen molar-refractivity contribution in [3.05, 3.63) is 64.7 Å². The number of amides is 1. The highest BCUT2D eigenvalue weighted by atomic mass is 32.1. The van der Waals surface area contributed by atoms with Gasteiger partial charge >= 0.3 is 0 Å². The van der Waals surface area contributed by atoms with Crippen LogP contribution >= 0.6 is 12.6 Å². The number of nitriles is 1. The summed E-state index contributed by atoms with van der Waals surface area (Å²) >= 11 is 4.49. The molecule has 0 bridgehead atoms. The Labute approximate surface area is 169 Å². The Morgan fingerprint density at radius 2 is 1.89 bits per heavy atom. The van der Waals surface area contributed by atoms with Crippen LogP contribution in [0.15, 0.2) is 59.1 Å². The predicted molar refractivity (Wildman–Crippen MR) is 110 cm³/mol. The lowest BCUT2D eigenvalue weighted by molar-refractivity contribution is -0.118. The Morgan fingerprint density at radius 3 is 2.50 bits per heavy atom. The lowest BCUT2D eigenvalue weighted by Gasteiger charge is -2.38. The topological polar surface area (TPSA) is 74.6 Å². The molecule has 0 aromatic heterocycles. The normalized spacial score (nSPS) is 16.6. The van der Waals surface area contributed by atoms with E-state index in [-0.39, 0.29) is 11.7 Å². The zero-order valence-corrected chi connectivity index (χ0v) is 16.7. The van der Waals surface area contributed by atoms with E-state index in [0.29, 0.717) is 16.5 Å². The second-order valence-corrected chi connectivity index (χ2v) is 6.89. The van der Waals surface area contributed by atoms with Gasteiger partial charge in [0.05, 0.1) is 18.2 Å². The van der Waals surface area contributed by atoms with Crippen LogP contribution in [0.2, 0.25) is 0 Å². The molecular weight excluding hydrogens is 374 g/mol. The van der Waals surface area contributed by atoms with Crippen molar-refractivity contribution in [2.45, 2.75) is 26.1 Å². The Kier molecular flexibility index (Phi) is 5.81. The van der Waals surface area contributed by atoms with Crippen molar-refractivity contribution < 1.29 is 14.3 Å². The number of ether oxygens (including phenoxy) is 2. The molecule has 0 aliphatic carbocycles. The van der Waals surface area contributed by atoms with Crippen LogP contribution in [-0.2, 0) is 4.79 Å². The van der Waals surface area contributed by atoms with Crippen LogP contribution < -0.4 is 19.7 Å². The number of hydrogen-bond donors (Lipinski definition) is 2. The molecule has 0 saturated carbocycles. The summed E-state index contributed by atoms with van der Waals surface area (Å²) in [6.45, 7) is 3.88. The van der Waals surface area contributed by atoms with Crippen LogP contribution in [0.3, 0.4) is 0 Å². The maximum Gasteiger partial charge on any atom is 0.266 e. The van der Waals surface area contributed by atoms with Gasteiger partial charge < -0.3 is 19.7 Å². The SMILES string of the molecule is COc1cc([C@@H]2NC(=O)C(C#N)=C(S)N2c2ccccc2)ccc1OC(C)C. The molecule has 0 radical (unpaired) electrons. The minimum atomic E-state index is -0.554. The molecule has 1 heterocycles. The van der Waals surface area contributed by atoms with E-state index in [4.69, 9.17) is 9.47 Å². The van der Waals surface area contributed by atoms with Gasteiger partial charge in [-0.05, 0) is 43.7 Å². The van der Waals surface area contributed by atoms with E-state index in [0.717, 1.165) is 11.3 Å². The summed E-state index contributed by atoms with van der Waals surface area (Å²) in [6.07, 6.45) is -0.554. The summed E-state index contributed by atoms with van der Waals surface area (Å²) in [5.41, 5.74) is 1.54. The third kappa shape index (κ3) is 3.78. The van der Waals surface area contributed by atoms with Crippen LogP contribution in [0.25, 0.3) is 0 Å². The molecule has 0 unspecified atom stereocenters. The molecular formula is C21H21N3O3S. The van der Waals surface area contributed by atoms with Gasteiger partial charge in [0, 0.05) is 5.69 Å². The molecule has 7 heteroatoms. The highest BCUT2D eigenvalue weighted by Gasteiger charge is 2.34. The van der Waals surface area contributed by atoms with Gasteiger partial charge in [-0.1, -0.05) is 24.3 Å². The van der Waals surface area contributed by atoms with E-state index in [1.807, 2.05) is 68.4 Å². The van der Waals surface area contributed by atoms with Crippen molar-refractivity contribution in [1.29, 1.82) is 5.26 Å². The van der Waals surface area contributed by atoms with E-state index in [9.17, 15) is 10.1 Å². The standard InChI is InChI=1S/C21H21N3O3S/c1-13(2)27-17-10-9-14(11-18(17)26-3)19-23-20(25)16(12-22)21(28)24(19)15-7-5-4-6-8-15/h4-11,13,19,28H,1-3H3,(H,23,25)/t19-/m1/s1. The van der Waals surface area contributed by atoms with Gasteiger partial charge in [0.25, 0.3) is 5.91 Å². The average molecular weight is 395 g/mol. The van der Waals surface area contributed by atoms with Gasteiger partial charge in [0.1, 0.15) is 17.8 Å². The highest BCUT2D eigenvalue weighted by Crippen LogP contribution is 2.38. The molecule has 1 amide bonds. The summed E-state index contributed by atoms with van der Waals surface area (Å²) < 4.78 is 11.2. The van der Waals surface area contributed by atoms with Crippen LogP contribution in [0.4, 0.5) is 5.69 Å². The van der Waals surface area contributed by atoms with Gasteiger partial charge in [-0.15, -0.1) is 12.6 Å². The fourth-order valence-electron chi connectivity index (χ4n) is 3.00. The number of nitrogens with zero attached hydrogens (tertiary/aromatic N) is 2. The lowest BCUT2D eigenvalue weighted by Crippen LogP contribution is -2.46. The number of nitrogens with one attached hydrogen (secondary N) is 1. The summed E-state index contributed by atoms with van der Waals surface area (Å²) in [6, 6.07) is 16.9. The average Bonchev–Trinajstić information content (AvgIpc) is 2.68. The van der Waals surface area contributed by atoms with Crippen LogP contribution in [0.1, 0.15) is 25.6 Å². The first-order valence-corrected chi connectivity index (χ1v) is 9.24. The maximum atomic E-state index is 12.4. The number of thiol groups is 1. The predicted octanol–water partition coefficient (Wildman–Crippen LogP) is 3.78. The molecule has 0 spiro atoms. The number of carbonyl (C=O) groups excluding carboxylic acids is 1. The zero-order chi connectivity index (χ0) is 20.3. The van der Waals surface area contributed by atoms with Gasteiger partial charge in [0.2, 0.25) is 0 Å². The maximum absolute atomic E-state index is 12.4. The first-order valence-electron chi connectivity index (χ1n) is 8.79. The smallest absolute Gasteiger partial charge is 0.266 e. The molecule has 28 heavy (non-hydrogen) atoms. The summed E-state index contributed by atoms with van der Waals surface area (Å²) in [5.74, 6) is 0.712. The largest absolute Gasteiger partial charge is 0.493 e. The van der Waals surface area contributed by atoms with E-state index in [1.54, 1.807) is 12.0 Å². The molecule has 1 aliphatic heterocycles. The van der Waals surface area contributed by atoms with Gasteiger partial charge in [-0.25, -0.2) is 0 Å². The number of anilines is 1. The number of benzene rings is 2. The molecule has 1 aliphatic rings. The minimum absolute atomic E-state index is 0.000107. The fourth-order valence-corrected chi connectivity index (χ4v) is 3.39. The van der Waals surface area contributed by atoms with E-state index < -0.39 is 12.1 Å². The monoisotopic (exact) mass is 395 g/mol. The molecule has 3 rings (SSSR count). The highest BCUT2D eigenvalue weighted by molar-refractivity contribution is 7.84. The number of methoxy groups -OCH3 is 1. The summed E-state index contributed by atoms with van der Waals surface area (Å²) in [7, 11) is 1.57. The van der Waals surface area contributed by atoms with Gasteiger partial charge in [0.15, 0.2) is 11.5 Å². The first kappa shape index (κ1) is 19.6. The van der Waals surface area contributed by atoms with Gasteiger partial charge in [-0.2, -0.15) is 5.26 Å². The van der Waals surface area contributed by atoms with Gasteiger partial charge in [-0.3, -0.25) is 4.79 Å². The van der Waals surface area contributed by atoms with E-state index in [2.05, 4.69) is 17.9 Å². The first-order chi connectivity index (χ1) is 13.5. The van der Waals surface area contributed by atoms with Crippen LogP contribution in [0, 0.1) is 11.3 Å². The summed E-state index contributed by atoms with van der Waals surface area (Å²) in [5, 5.41) is 12.6. The number of carbonyl (C=O) groups is 1.